The Bertz CT molecular complexity index is 501. The fourth-order valence-corrected chi connectivity index (χ4v) is 3.13. The van der Waals surface area contributed by atoms with E-state index in [1.54, 1.807) is 0 Å². The van der Waals surface area contributed by atoms with Crippen molar-refractivity contribution in [3.05, 3.63) is 34.9 Å². The van der Waals surface area contributed by atoms with Crippen molar-refractivity contribution in [1.29, 1.82) is 0 Å². The van der Waals surface area contributed by atoms with E-state index < -0.39 is 0 Å². The number of β-amino-alcohol motifs (C(OH)–C–C–N with tert-alkyl or cyclic N) is 1. The molecule has 1 fully saturated rings. The Kier molecular flexibility index (Phi) is 4.03. The van der Waals surface area contributed by atoms with E-state index in [-0.39, 0.29) is 17.9 Å². The van der Waals surface area contributed by atoms with Crippen LogP contribution in [0.25, 0.3) is 0 Å². The minimum absolute atomic E-state index is 0.0301. The molecule has 20 heavy (non-hydrogen) atoms. The zero-order valence-corrected chi connectivity index (χ0v) is 11.7. The van der Waals surface area contributed by atoms with Gasteiger partial charge in [0.05, 0.1) is 6.10 Å². The first-order valence-electron chi connectivity index (χ1n) is 7.53. The maximum absolute atomic E-state index is 12.2. The van der Waals surface area contributed by atoms with Crippen LogP contribution in [0.5, 0.6) is 0 Å². The number of carbonyl (C=O) groups excluding carboxylic acids is 1. The Morgan fingerprint density at radius 2 is 2.05 bits per heavy atom. The van der Waals surface area contributed by atoms with Crippen LogP contribution >= 0.6 is 0 Å². The zero-order chi connectivity index (χ0) is 13.9. The quantitative estimate of drug-likeness (QED) is 0.766. The van der Waals surface area contributed by atoms with Crippen LogP contribution in [0.3, 0.4) is 0 Å². The molecule has 2 atom stereocenters. The van der Waals surface area contributed by atoms with E-state index in [1.807, 2.05) is 12.1 Å². The first kappa shape index (κ1) is 13.6. The second-order valence-corrected chi connectivity index (χ2v) is 5.89. The van der Waals surface area contributed by atoms with E-state index in [1.165, 1.54) is 24.0 Å². The minimum Gasteiger partial charge on any atom is -0.391 e. The molecule has 1 amide bonds. The summed E-state index contributed by atoms with van der Waals surface area (Å²) in [6.45, 7) is 1.93. The van der Waals surface area contributed by atoms with Gasteiger partial charge >= 0.3 is 0 Å². The number of benzene rings is 1. The van der Waals surface area contributed by atoms with Crippen LogP contribution in [0.2, 0.25) is 0 Å². The van der Waals surface area contributed by atoms with E-state index in [2.05, 4.69) is 16.7 Å². The fourth-order valence-electron chi connectivity index (χ4n) is 3.13. The standard InChI is InChI=1S/C16H22N2O2/c19-15-10-17-8-14(15)9-18-16(20)13-6-5-11-3-1-2-4-12(11)7-13/h5-7,14-15,17,19H,1-4,8-10H2,(H,18,20). The van der Waals surface area contributed by atoms with Crippen molar-refractivity contribution >= 4 is 5.91 Å². The van der Waals surface area contributed by atoms with Gasteiger partial charge in [0.25, 0.3) is 5.91 Å². The van der Waals surface area contributed by atoms with Gasteiger partial charge in [0.15, 0.2) is 0 Å². The van der Waals surface area contributed by atoms with E-state index >= 15 is 0 Å². The Hall–Kier alpha value is -1.39. The van der Waals surface area contributed by atoms with Gasteiger partial charge in [0.2, 0.25) is 0 Å². The SMILES string of the molecule is O=C(NCC1CNCC1O)c1ccc2c(c1)CCCC2. The molecular weight excluding hydrogens is 252 g/mol. The molecule has 0 bridgehead atoms. The predicted octanol–water partition coefficient (Wildman–Crippen LogP) is 0.876. The molecule has 4 nitrogen and oxygen atoms in total. The van der Waals surface area contributed by atoms with E-state index in [0.717, 1.165) is 24.9 Å². The molecule has 0 spiro atoms. The molecule has 1 heterocycles. The van der Waals surface area contributed by atoms with Crippen LogP contribution in [-0.2, 0) is 12.8 Å². The van der Waals surface area contributed by atoms with Crippen LogP contribution in [0.15, 0.2) is 18.2 Å². The molecular formula is C16H22N2O2. The summed E-state index contributed by atoms with van der Waals surface area (Å²) in [5, 5.41) is 15.8. The number of nitrogens with one attached hydrogen (secondary N) is 2. The van der Waals surface area contributed by atoms with Gasteiger partial charge < -0.3 is 15.7 Å². The monoisotopic (exact) mass is 274 g/mol. The number of fused-ring (bicyclic) bond motifs is 1. The van der Waals surface area contributed by atoms with Crippen molar-refractivity contribution < 1.29 is 9.90 Å². The zero-order valence-electron chi connectivity index (χ0n) is 11.7. The third-order valence-corrected chi connectivity index (χ3v) is 4.44. The second-order valence-electron chi connectivity index (χ2n) is 5.89. The van der Waals surface area contributed by atoms with Gasteiger partial charge in [-0.15, -0.1) is 0 Å². The molecule has 0 radical (unpaired) electrons. The van der Waals surface area contributed by atoms with Crippen molar-refractivity contribution in [2.24, 2.45) is 5.92 Å². The van der Waals surface area contributed by atoms with Gasteiger partial charge in [-0.05, 0) is 48.9 Å². The highest BCUT2D eigenvalue weighted by atomic mass is 16.3. The lowest BCUT2D eigenvalue weighted by Gasteiger charge is -2.17. The van der Waals surface area contributed by atoms with Crippen molar-refractivity contribution in [2.45, 2.75) is 31.8 Å². The number of aryl methyl sites for hydroxylation is 2. The van der Waals surface area contributed by atoms with Crippen molar-refractivity contribution in [3.63, 3.8) is 0 Å². The lowest BCUT2D eigenvalue weighted by Crippen LogP contribution is -2.34. The molecule has 1 saturated heterocycles. The Balaban J connectivity index is 1.62. The van der Waals surface area contributed by atoms with Gasteiger partial charge in [-0.3, -0.25) is 4.79 Å². The van der Waals surface area contributed by atoms with Crippen LogP contribution in [0.1, 0.15) is 34.3 Å². The summed E-state index contributed by atoms with van der Waals surface area (Å²) in [6, 6.07) is 6.05. The topological polar surface area (TPSA) is 61.4 Å². The molecule has 3 N–H and O–H groups in total. The van der Waals surface area contributed by atoms with Gasteiger partial charge in [0, 0.05) is 31.1 Å². The van der Waals surface area contributed by atoms with Crippen LogP contribution in [-0.4, -0.2) is 36.8 Å². The summed E-state index contributed by atoms with van der Waals surface area (Å²) in [7, 11) is 0. The Morgan fingerprint density at radius 3 is 2.80 bits per heavy atom. The third-order valence-electron chi connectivity index (χ3n) is 4.44. The highest BCUT2D eigenvalue weighted by Gasteiger charge is 2.25. The molecule has 2 unspecified atom stereocenters. The van der Waals surface area contributed by atoms with Crippen LogP contribution in [0, 0.1) is 5.92 Å². The molecule has 1 aromatic carbocycles. The lowest BCUT2D eigenvalue weighted by atomic mass is 9.90. The maximum Gasteiger partial charge on any atom is 0.251 e. The molecule has 4 heteroatoms. The molecule has 0 saturated carbocycles. The van der Waals surface area contributed by atoms with Gasteiger partial charge in [-0.25, -0.2) is 0 Å². The molecule has 1 aliphatic carbocycles. The molecule has 0 aromatic heterocycles. The Morgan fingerprint density at radius 1 is 1.25 bits per heavy atom. The first-order chi connectivity index (χ1) is 9.74. The highest BCUT2D eigenvalue weighted by molar-refractivity contribution is 5.94. The number of aliphatic hydroxyl groups excluding tert-OH is 1. The molecule has 1 aliphatic heterocycles. The second kappa shape index (κ2) is 5.94. The number of amides is 1. The van der Waals surface area contributed by atoms with Crippen LogP contribution in [0.4, 0.5) is 0 Å². The summed E-state index contributed by atoms with van der Waals surface area (Å²) in [5.74, 6) is 0.0917. The number of hydrogen-bond acceptors (Lipinski definition) is 3. The summed E-state index contributed by atoms with van der Waals surface area (Å²) < 4.78 is 0. The van der Waals surface area contributed by atoms with E-state index in [4.69, 9.17) is 0 Å². The minimum atomic E-state index is -0.348. The lowest BCUT2D eigenvalue weighted by molar-refractivity contribution is 0.0927. The molecule has 108 valence electrons. The number of hydrogen-bond donors (Lipinski definition) is 3. The third kappa shape index (κ3) is 2.86. The summed E-state index contributed by atoms with van der Waals surface area (Å²) >= 11 is 0. The normalized spacial score (nSPS) is 25.2. The first-order valence-corrected chi connectivity index (χ1v) is 7.53. The Labute approximate surface area is 119 Å². The van der Waals surface area contributed by atoms with Crippen molar-refractivity contribution in [3.8, 4) is 0 Å². The molecule has 2 aliphatic rings. The smallest absolute Gasteiger partial charge is 0.251 e. The van der Waals surface area contributed by atoms with Crippen molar-refractivity contribution in [2.75, 3.05) is 19.6 Å². The average molecular weight is 274 g/mol. The van der Waals surface area contributed by atoms with E-state index in [0.29, 0.717) is 13.1 Å². The predicted molar refractivity (Wildman–Crippen MR) is 77.8 cm³/mol. The maximum atomic E-state index is 12.2. The largest absolute Gasteiger partial charge is 0.391 e. The average Bonchev–Trinajstić information content (AvgIpc) is 2.89. The van der Waals surface area contributed by atoms with Gasteiger partial charge in [-0.1, -0.05) is 6.07 Å². The fraction of sp³-hybridized carbons (Fsp3) is 0.562. The summed E-state index contributed by atoms with van der Waals surface area (Å²) in [6.07, 6.45) is 4.35. The van der Waals surface area contributed by atoms with Gasteiger partial charge in [0.1, 0.15) is 0 Å². The summed E-state index contributed by atoms with van der Waals surface area (Å²) in [4.78, 5) is 12.2. The number of carbonyl (C=O) groups is 1. The molecule has 1 aromatic rings. The summed E-state index contributed by atoms with van der Waals surface area (Å²) in [5.41, 5.74) is 3.46. The van der Waals surface area contributed by atoms with Crippen molar-refractivity contribution in [1.82, 2.24) is 10.6 Å². The van der Waals surface area contributed by atoms with Crippen LogP contribution < -0.4 is 10.6 Å². The van der Waals surface area contributed by atoms with E-state index in [9.17, 15) is 9.90 Å². The number of aliphatic hydroxyl groups is 1. The number of rotatable bonds is 3. The highest BCUT2D eigenvalue weighted by Crippen LogP contribution is 2.22. The van der Waals surface area contributed by atoms with Gasteiger partial charge in [-0.2, -0.15) is 0 Å². The molecule has 3 rings (SSSR count).